The molecule has 2 fully saturated rings. The molecule has 0 spiro atoms. The van der Waals surface area contributed by atoms with E-state index in [-0.39, 0.29) is 11.3 Å². The molecule has 0 amide bonds. The lowest BCUT2D eigenvalue weighted by atomic mass is 9.86. The van der Waals surface area contributed by atoms with Crippen molar-refractivity contribution in [3.8, 4) is 0 Å². The van der Waals surface area contributed by atoms with Gasteiger partial charge in [0, 0.05) is 0 Å². The molecule has 0 radical (unpaired) electrons. The molecular formula is C13H23NO2. The summed E-state index contributed by atoms with van der Waals surface area (Å²) in [5, 5.41) is 12.9. The summed E-state index contributed by atoms with van der Waals surface area (Å²) in [6, 6.07) is 0. The molecule has 0 aromatic carbocycles. The number of carboxylic acid groups (broad SMARTS) is 1. The van der Waals surface area contributed by atoms with Gasteiger partial charge in [0.15, 0.2) is 0 Å². The Kier molecular flexibility index (Phi) is 2.77. The number of hydrogen-bond acceptors (Lipinski definition) is 2. The number of nitrogens with one attached hydrogen (secondary N) is 1. The summed E-state index contributed by atoms with van der Waals surface area (Å²) in [4.78, 5) is 11.6. The molecule has 2 aliphatic rings. The topological polar surface area (TPSA) is 49.3 Å². The van der Waals surface area contributed by atoms with Crippen molar-refractivity contribution >= 4 is 5.97 Å². The summed E-state index contributed by atoms with van der Waals surface area (Å²) >= 11 is 0. The predicted octanol–water partition coefficient (Wildman–Crippen LogP) is 2.27. The average molecular weight is 225 g/mol. The van der Waals surface area contributed by atoms with E-state index in [1.54, 1.807) is 0 Å². The Balaban J connectivity index is 2.11. The predicted molar refractivity (Wildman–Crippen MR) is 63.3 cm³/mol. The lowest BCUT2D eigenvalue weighted by Crippen LogP contribution is -2.55. The number of carboxylic acids is 1. The highest BCUT2D eigenvalue weighted by Crippen LogP contribution is 2.48. The zero-order chi connectivity index (χ0) is 12.0. The minimum atomic E-state index is -0.675. The number of carbonyl (C=O) groups is 1. The Morgan fingerprint density at radius 3 is 2.44 bits per heavy atom. The Morgan fingerprint density at radius 2 is 2.06 bits per heavy atom. The van der Waals surface area contributed by atoms with Crippen LogP contribution in [0.15, 0.2) is 0 Å². The normalized spacial score (nSPS) is 37.6. The van der Waals surface area contributed by atoms with Crippen molar-refractivity contribution in [2.45, 2.75) is 52.0 Å². The maximum absolute atomic E-state index is 11.6. The van der Waals surface area contributed by atoms with Crippen LogP contribution >= 0.6 is 0 Å². The minimum absolute atomic E-state index is 0.147. The fourth-order valence-corrected chi connectivity index (χ4v) is 3.25. The highest BCUT2D eigenvalue weighted by Gasteiger charge is 2.53. The van der Waals surface area contributed by atoms with Crippen molar-refractivity contribution in [3.05, 3.63) is 0 Å². The SMILES string of the molecule is CC1CC(C)(C)CC1(NCC1CC1)C(=O)O. The van der Waals surface area contributed by atoms with E-state index in [4.69, 9.17) is 0 Å². The van der Waals surface area contributed by atoms with E-state index in [2.05, 4.69) is 26.1 Å². The van der Waals surface area contributed by atoms with E-state index in [0.29, 0.717) is 0 Å². The van der Waals surface area contributed by atoms with Gasteiger partial charge in [0.1, 0.15) is 5.54 Å². The van der Waals surface area contributed by atoms with Gasteiger partial charge >= 0.3 is 5.97 Å². The highest BCUT2D eigenvalue weighted by atomic mass is 16.4. The van der Waals surface area contributed by atoms with Crippen LogP contribution in [0.25, 0.3) is 0 Å². The van der Waals surface area contributed by atoms with E-state index < -0.39 is 11.5 Å². The highest BCUT2D eigenvalue weighted by molar-refractivity contribution is 5.80. The zero-order valence-electron chi connectivity index (χ0n) is 10.5. The third-order valence-corrected chi connectivity index (χ3v) is 4.24. The standard InChI is InChI=1S/C13H23NO2/c1-9-6-12(2,3)8-13(9,11(15)16)14-7-10-4-5-10/h9-10,14H,4-8H2,1-3H3,(H,15,16). The van der Waals surface area contributed by atoms with Gasteiger partial charge in [0.25, 0.3) is 0 Å². The van der Waals surface area contributed by atoms with Crippen LogP contribution in [0.4, 0.5) is 0 Å². The van der Waals surface area contributed by atoms with E-state index in [9.17, 15) is 9.90 Å². The molecule has 0 aromatic heterocycles. The zero-order valence-corrected chi connectivity index (χ0v) is 10.5. The van der Waals surface area contributed by atoms with E-state index in [1.165, 1.54) is 12.8 Å². The van der Waals surface area contributed by atoms with Gasteiger partial charge in [-0.2, -0.15) is 0 Å². The van der Waals surface area contributed by atoms with E-state index >= 15 is 0 Å². The molecule has 3 nitrogen and oxygen atoms in total. The first-order valence-electron chi connectivity index (χ1n) is 6.34. The first-order valence-corrected chi connectivity index (χ1v) is 6.34. The molecule has 3 heteroatoms. The molecule has 2 rings (SSSR count). The van der Waals surface area contributed by atoms with Crippen LogP contribution < -0.4 is 5.32 Å². The van der Waals surface area contributed by atoms with Gasteiger partial charge in [-0.15, -0.1) is 0 Å². The number of hydrogen-bond donors (Lipinski definition) is 2. The van der Waals surface area contributed by atoms with Gasteiger partial charge in [-0.05, 0) is 49.5 Å². The lowest BCUT2D eigenvalue weighted by molar-refractivity contribution is -0.146. The number of aliphatic carboxylic acids is 1. The van der Waals surface area contributed by atoms with Crippen LogP contribution in [-0.4, -0.2) is 23.2 Å². The molecule has 0 heterocycles. The van der Waals surface area contributed by atoms with Gasteiger partial charge in [0.05, 0.1) is 0 Å². The van der Waals surface area contributed by atoms with Crippen molar-refractivity contribution < 1.29 is 9.90 Å². The summed E-state index contributed by atoms with van der Waals surface area (Å²) < 4.78 is 0. The van der Waals surface area contributed by atoms with Gasteiger partial charge in [-0.3, -0.25) is 4.79 Å². The molecule has 92 valence electrons. The van der Waals surface area contributed by atoms with Crippen molar-refractivity contribution in [2.24, 2.45) is 17.3 Å². The van der Waals surface area contributed by atoms with Crippen LogP contribution in [-0.2, 0) is 4.79 Å². The molecule has 0 saturated heterocycles. The molecule has 2 aliphatic carbocycles. The second-order valence-electron chi connectivity index (χ2n) is 6.55. The van der Waals surface area contributed by atoms with Crippen molar-refractivity contribution in [1.82, 2.24) is 5.32 Å². The second kappa shape index (κ2) is 3.73. The van der Waals surface area contributed by atoms with Crippen LogP contribution in [0, 0.1) is 17.3 Å². The summed E-state index contributed by atoms with van der Waals surface area (Å²) in [6.45, 7) is 7.30. The lowest BCUT2D eigenvalue weighted by Gasteiger charge is -2.31. The van der Waals surface area contributed by atoms with E-state index in [1.807, 2.05) is 0 Å². The van der Waals surface area contributed by atoms with Gasteiger partial charge in [-0.25, -0.2) is 0 Å². The fraction of sp³-hybridized carbons (Fsp3) is 0.923. The molecule has 2 N–H and O–H groups in total. The average Bonchev–Trinajstić information content (AvgIpc) is 2.90. The van der Waals surface area contributed by atoms with Crippen molar-refractivity contribution in [2.75, 3.05) is 6.54 Å². The van der Waals surface area contributed by atoms with Crippen LogP contribution in [0.5, 0.6) is 0 Å². The maximum Gasteiger partial charge on any atom is 0.324 e. The minimum Gasteiger partial charge on any atom is -0.480 e. The van der Waals surface area contributed by atoms with Gasteiger partial charge < -0.3 is 10.4 Å². The molecule has 16 heavy (non-hydrogen) atoms. The molecule has 2 atom stereocenters. The Bertz CT molecular complexity index is 296. The monoisotopic (exact) mass is 225 g/mol. The maximum atomic E-state index is 11.6. The van der Waals surface area contributed by atoms with E-state index in [0.717, 1.165) is 25.3 Å². The smallest absolute Gasteiger partial charge is 0.324 e. The van der Waals surface area contributed by atoms with Gasteiger partial charge in [-0.1, -0.05) is 20.8 Å². The van der Waals surface area contributed by atoms with Gasteiger partial charge in [0.2, 0.25) is 0 Å². The molecule has 2 saturated carbocycles. The summed E-state index contributed by atoms with van der Waals surface area (Å²) in [7, 11) is 0. The quantitative estimate of drug-likeness (QED) is 0.771. The molecule has 0 aliphatic heterocycles. The van der Waals surface area contributed by atoms with Crippen molar-refractivity contribution in [1.29, 1.82) is 0 Å². The van der Waals surface area contributed by atoms with Crippen LogP contribution in [0.1, 0.15) is 46.5 Å². The Labute approximate surface area is 97.6 Å². The molecule has 2 unspecified atom stereocenters. The third kappa shape index (κ3) is 2.10. The summed E-state index contributed by atoms with van der Waals surface area (Å²) in [5.41, 5.74) is -0.527. The largest absolute Gasteiger partial charge is 0.480 e. The molecule has 0 aromatic rings. The van der Waals surface area contributed by atoms with Crippen LogP contribution in [0.3, 0.4) is 0 Å². The third-order valence-electron chi connectivity index (χ3n) is 4.24. The fourth-order valence-electron chi connectivity index (χ4n) is 3.25. The molecule has 0 bridgehead atoms. The molecular weight excluding hydrogens is 202 g/mol. The summed E-state index contributed by atoms with van der Waals surface area (Å²) in [6.07, 6.45) is 4.28. The summed E-state index contributed by atoms with van der Waals surface area (Å²) in [5.74, 6) is 0.289. The van der Waals surface area contributed by atoms with Crippen LogP contribution in [0.2, 0.25) is 0 Å². The first-order chi connectivity index (χ1) is 7.36. The first kappa shape index (κ1) is 11.9. The second-order valence-corrected chi connectivity index (χ2v) is 6.55. The Morgan fingerprint density at radius 1 is 1.44 bits per heavy atom. The Hall–Kier alpha value is -0.570. The number of rotatable bonds is 4. The van der Waals surface area contributed by atoms with Crippen molar-refractivity contribution in [3.63, 3.8) is 0 Å².